The van der Waals surface area contributed by atoms with Gasteiger partial charge in [0.1, 0.15) is 5.75 Å². The summed E-state index contributed by atoms with van der Waals surface area (Å²) in [6.07, 6.45) is 12.6. The summed E-state index contributed by atoms with van der Waals surface area (Å²) in [6, 6.07) is 9.77. The van der Waals surface area contributed by atoms with Gasteiger partial charge >= 0.3 is 0 Å². The number of carbonyl (C=O) groups excluding carboxylic acids is 1. The minimum atomic E-state index is -0.0257. The molecule has 0 unspecified atom stereocenters. The number of hydrogen-bond donors (Lipinski definition) is 1. The van der Waals surface area contributed by atoms with Crippen LogP contribution in [-0.4, -0.2) is 53.5 Å². The van der Waals surface area contributed by atoms with Crippen molar-refractivity contribution in [3.05, 3.63) is 72.7 Å². The maximum absolute atomic E-state index is 12.9. The Morgan fingerprint density at radius 1 is 1.39 bits per heavy atom. The van der Waals surface area contributed by atoms with Crippen LogP contribution in [0.4, 0.5) is 0 Å². The topological polar surface area (TPSA) is 56.9 Å². The highest BCUT2D eigenvalue weighted by Gasteiger charge is 2.49. The molecule has 31 heavy (non-hydrogen) atoms. The van der Waals surface area contributed by atoms with Crippen LogP contribution in [0.2, 0.25) is 0 Å². The number of fused-ring (bicyclic) bond motifs is 1. The third-order valence-corrected chi connectivity index (χ3v) is 7.25. The number of carbonyl (C=O) groups is 1. The number of phenols is 1. The first-order chi connectivity index (χ1) is 15.0. The van der Waals surface area contributed by atoms with E-state index in [1.807, 2.05) is 36.2 Å². The molecule has 5 heteroatoms. The lowest BCUT2D eigenvalue weighted by Gasteiger charge is -2.54. The van der Waals surface area contributed by atoms with E-state index in [4.69, 9.17) is 4.42 Å². The zero-order valence-corrected chi connectivity index (χ0v) is 18.2. The van der Waals surface area contributed by atoms with Crippen LogP contribution in [0.5, 0.6) is 5.75 Å². The fourth-order valence-corrected chi connectivity index (χ4v) is 5.52. The number of benzene rings is 1. The molecule has 4 rings (SSSR count). The van der Waals surface area contributed by atoms with Crippen LogP contribution in [0.3, 0.4) is 0 Å². The van der Waals surface area contributed by atoms with Crippen LogP contribution < -0.4 is 0 Å². The molecule has 1 saturated heterocycles. The van der Waals surface area contributed by atoms with Crippen molar-refractivity contribution < 1.29 is 14.3 Å². The van der Waals surface area contributed by atoms with Crippen molar-refractivity contribution >= 4 is 12.0 Å². The summed E-state index contributed by atoms with van der Waals surface area (Å²) in [5.41, 5.74) is 2.06. The molecule has 5 nitrogen and oxygen atoms in total. The van der Waals surface area contributed by atoms with E-state index in [0.717, 1.165) is 50.9 Å². The van der Waals surface area contributed by atoms with Crippen molar-refractivity contribution in [1.29, 1.82) is 0 Å². The van der Waals surface area contributed by atoms with Crippen LogP contribution in [0.1, 0.15) is 36.8 Å². The molecule has 2 aliphatic rings. The first-order valence-corrected chi connectivity index (χ1v) is 11.1. The van der Waals surface area contributed by atoms with Crippen molar-refractivity contribution in [2.45, 2.75) is 37.1 Å². The maximum Gasteiger partial charge on any atom is 0.246 e. The number of rotatable bonds is 6. The highest BCUT2D eigenvalue weighted by atomic mass is 16.3. The molecule has 0 bridgehead atoms. The van der Waals surface area contributed by atoms with Gasteiger partial charge in [0.25, 0.3) is 0 Å². The van der Waals surface area contributed by atoms with Crippen molar-refractivity contribution in [2.24, 2.45) is 5.92 Å². The van der Waals surface area contributed by atoms with Crippen molar-refractivity contribution in [1.82, 2.24) is 9.80 Å². The molecule has 0 radical (unpaired) electrons. The van der Waals surface area contributed by atoms with Gasteiger partial charge in [-0.2, -0.15) is 0 Å². The Morgan fingerprint density at radius 3 is 3.00 bits per heavy atom. The molecule has 1 aromatic carbocycles. The molecule has 1 aliphatic heterocycles. The molecule has 1 saturated carbocycles. The zero-order chi connectivity index (χ0) is 21.8. The van der Waals surface area contributed by atoms with Gasteiger partial charge in [-0.15, -0.1) is 6.58 Å². The number of phenolic OH excluding ortho intramolecular Hbond substituents is 1. The molecule has 1 amide bonds. The van der Waals surface area contributed by atoms with E-state index >= 15 is 0 Å². The molecule has 2 fully saturated rings. The average molecular weight is 421 g/mol. The van der Waals surface area contributed by atoms with Gasteiger partial charge in [0.05, 0.1) is 12.5 Å². The van der Waals surface area contributed by atoms with E-state index in [1.165, 1.54) is 5.56 Å². The van der Waals surface area contributed by atoms with Crippen LogP contribution in [0.15, 0.2) is 66.0 Å². The Morgan fingerprint density at radius 2 is 2.26 bits per heavy atom. The van der Waals surface area contributed by atoms with Crippen LogP contribution in [-0.2, 0) is 10.2 Å². The van der Waals surface area contributed by atoms with Crippen molar-refractivity contribution in [3.63, 3.8) is 0 Å². The largest absolute Gasteiger partial charge is 0.508 e. The summed E-state index contributed by atoms with van der Waals surface area (Å²) in [5.74, 6) is 0.831. The van der Waals surface area contributed by atoms with E-state index in [9.17, 15) is 9.90 Å². The van der Waals surface area contributed by atoms with Gasteiger partial charge in [0, 0.05) is 43.2 Å². The molecule has 1 N–H and O–H groups in total. The standard InChI is InChI=1S/C26H32N2O3/c1-3-13-28-14-12-26(21-5-4-6-24(29)16-21)17-23(9-8-22(26)18-28)27(2)25(30)10-7-20-11-15-31-19-20/h3-7,10-11,15-16,19,22-23,29H,1,8-9,12-14,17-18H2,2H3/b10-7+/t22-,23-,26+/m1/s1. The van der Waals surface area contributed by atoms with E-state index in [-0.39, 0.29) is 17.4 Å². The lowest BCUT2D eigenvalue weighted by Crippen LogP contribution is -2.56. The normalized spacial score (nSPS) is 26.5. The number of hydrogen-bond acceptors (Lipinski definition) is 4. The summed E-state index contributed by atoms with van der Waals surface area (Å²) in [4.78, 5) is 17.2. The molecular weight excluding hydrogens is 388 g/mol. The number of piperidine rings is 1. The van der Waals surface area contributed by atoms with Crippen LogP contribution in [0.25, 0.3) is 6.08 Å². The Bertz CT molecular complexity index is 936. The van der Waals surface area contributed by atoms with Gasteiger partial charge in [-0.1, -0.05) is 18.2 Å². The average Bonchev–Trinajstić information content (AvgIpc) is 3.30. The van der Waals surface area contributed by atoms with Gasteiger partial charge in [-0.3, -0.25) is 9.69 Å². The van der Waals surface area contributed by atoms with Crippen molar-refractivity contribution in [3.8, 4) is 5.75 Å². The van der Waals surface area contributed by atoms with Crippen LogP contribution >= 0.6 is 0 Å². The van der Waals surface area contributed by atoms with E-state index in [0.29, 0.717) is 11.7 Å². The first-order valence-electron chi connectivity index (χ1n) is 11.1. The number of amides is 1. The Labute approximate surface area is 184 Å². The molecular formula is C26H32N2O3. The van der Waals surface area contributed by atoms with Gasteiger partial charge in [-0.25, -0.2) is 0 Å². The summed E-state index contributed by atoms with van der Waals surface area (Å²) < 4.78 is 5.07. The fourth-order valence-electron chi connectivity index (χ4n) is 5.52. The SMILES string of the molecule is C=CCN1CC[C@@]2(c3cccc(O)c3)C[C@H](N(C)C(=O)/C=C/c3ccoc3)CC[C@@H]2C1. The van der Waals surface area contributed by atoms with E-state index in [1.54, 1.807) is 30.7 Å². The van der Waals surface area contributed by atoms with Crippen molar-refractivity contribution in [2.75, 3.05) is 26.7 Å². The fraction of sp³-hybridized carbons (Fsp3) is 0.423. The Kier molecular flexibility index (Phi) is 6.33. The van der Waals surface area contributed by atoms with Crippen LogP contribution in [0, 0.1) is 5.92 Å². The molecule has 1 aromatic heterocycles. The number of likely N-dealkylation sites (N-methyl/N-ethyl adjacent to an activating group) is 1. The molecule has 2 heterocycles. The number of nitrogens with zero attached hydrogens (tertiary/aromatic N) is 2. The minimum Gasteiger partial charge on any atom is -0.508 e. The third kappa shape index (κ3) is 4.47. The number of likely N-dealkylation sites (tertiary alicyclic amines) is 1. The zero-order valence-electron chi connectivity index (χ0n) is 18.2. The summed E-state index contributed by atoms with van der Waals surface area (Å²) >= 11 is 0. The highest BCUT2D eigenvalue weighted by Crippen LogP contribution is 2.50. The maximum atomic E-state index is 12.9. The van der Waals surface area contributed by atoms with Gasteiger partial charge in [0.15, 0.2) is 0 Å². The smallest absolute Gasteiger partial charge is 0.246 e. The van der Waals surface area contributed by atoms with E-state index in [2.05, 4.69) is 17.5 Å². The molecule has 3 atom stereocenters. The lowest BCUT2D eigenvalue weighted by atomic mass is 9.57. The number of aromatic hydroxyl groups is 1. The van der Waals surface area contributed by atoms with Gasteiger partial charge < -0.3 is 14.4 Å². The lowest BCUT2D eigenvalue weighted by molar-refractivity contribution is -0.128. The second-order valence-electron chi connectivity index (χ2n) is 8.98. The highest BCUT2D eigenvalue weighted by molar-refractivity contribution is 5.91. The monoisotopic (exact) mass is 420 g/mol. The second kappa shape index (κ2) is 9.15. The molecule has 164 valence electrons. The molecule has 0 spiro atoms. The predicted molar refractivity (Wildman–Crippen MR) is 123 cm³/mol. The van der Waals surface area contributed by atoms with Gasteiger partial charge in [-0.05, 0) is 68.0 Å². The predicted octanol–water partition coefficient (Wildman–Crippen LogP) is 4.46. The summed E-state index contributed by atoms with van der Waals surface area (Å²) in [5, 5.41) is 10.2. The Hall–Kier alpha value is -2.79. The Balaban J connectivity index is 1.56. The van der Waals surface area contributed by atoms with E-state index < -0.39 is 0 Å². The summed E-state index contributed by atoms with van der Waals surface area (Å²) in [7, 11) is 1.91. The first kappa shape index (κ1) is 21.4. The minimum absolute atomic E-state index is 0.0137. The third-order valence-electron chi connectivity index (χ3n) is 7.25. The second-order valence-corrected chi connectivity index (χ2v) is 8.98. The molecule has 2 aromatic rings. The number of furan rings is 1. The summed E-state index contributed by atoms with van der Waals surface area (Å²) in [6.45, 7) is 6.85. The quantitative estimate of drug-likeness (QED) is 0.554. The van der Waals surface area contributed by atoms with Gasteiger partial charge in [0.2, 0.25) is 5.91 Å². The molecule has 1 aliphatic carbocycles.